The van der Waals surface area contributed by atoms with Crippen LogP contribution in [0, 0.1) is 17.3 Å². The second-order valence-corrected chi connectivity index (χ2v) is 18.9. The number of aromatic hydroxyl groups is 3. The molecule has 6 aromatic carbocycles. The molecule has 4 N–H and O–H groups in total. The first-order valence-corrected chi connectivity index (χ1v) is 23.4. The number of hydrogen-bond donors (Lipinski definition) is 4. The Bertz CT molecular complexity index is 2920. The van der Waals surface area contributed by atoms with Gasteiger partial charge in [-0.25, -0.2) is 0 Å². The van der Waals surface area contributed by atoms with Crippen LogP contribution >= 0.6 is 0 Å². The lowest BCUT2D eigenvalue weighted by atomic mass is 9.43. The third-order valence-corrected chi connectivity index (χ3v) is 15.4. The zero-order valence-corrected chi connectivity index (χ0v) is 38.0. The molecule has 7 atom stereocenters. The van der Waals surface area contributed by atoms with Gasteiger partial charge in [0.15, 0.2) is 23.0 Å². The zero-order chi connectivity index (χ0) is 46.6. The Labute approximate surface area is 390 Å². The Morgan fingerprint density at radius 2 is 1.48 bits per heavy atom. The first-order chi connectivity index (χ1) is 32.5. The highest BCUT2D eigenvalue weighted by atomic mass is 16.6. The molecule has 67 heavy (non-hydrogen) atoms. The molecule has 10 heteroatoms. The average molecular weight is 901 g/mol. The van der Waals surface area contributed by atoms with Gasteiger partial charge in [0, 0.05) is 30.6 Å². The van der Waals surface area contributed by atoms with Crippen molar-refractivity contribution in [2.45, 2.75) is 82.3 Å². The van der Waals surface area contributed by atoms with Crippen molar-refractivity contribution in [2.24, 2.45) is 17.3 Å². The topological polar surface area (TPSA) is 152 Å². The predicted molar refractivity (Wildman–Crippen MR) is 255 cm³/mol. The van der Waals surface area contributed by atoms with Gasteiger partial charge in [0.05, 0.1) is 27.2 Å². The Hall–Kier alpha value is -6.78. The minimum Gasteiger partial charge on any atom is -0.508 e. The Morgan fingerprint density at radius 1 is 0.716 bits per heavy atom. The first kappa shape index (κ1) is 44.1. The standard InChI is InChI=1S/C57H56O10/c1-32(59)66-53-28-42(67-56(63)20-33-13-14-37-22-41(60)26-44(43(37)19-33)35-10-5-4-6-11-35)27-47-45-30-55(65-3)51(61)24-38(45)16-18-48(47)57(40-17-15-34-9-7-8-12-36(34)21-40)49(53)23-39-25-54(64-2)52(62)29-46(39)50(57)31-58/h4-14,19,21-22,24-26,29-30,42,47-50,53,58,60-62H,15-18,20,23,27-28,31H2,1-3H3. The Balaban J connectivity index is 1.12. The van der Waals surface area contributed by atoms with Crippen molar-refractivity contribution in [3.63, 3.8) is 0 Å². The summed E-state index contributed by atoms with van der Waals surface area (Å²) >= 11 is 0. The van der Waals surface area contributed by atoms with Crippen LogP contribution in [0.2, 0.25) is 0 Å². The maximum absolute atomic E-state index is 14.5. The second-order valence-electron chi connectivity index (χ2n) is 18.9. The lowest BCUT2D eigenvalue weighted by molar-refractivity contribution is -0.167. The van der Waals surface area contributed by atoms with Crippen molar-refractivity contribution < 1.29 is 49.0 Å². The third-order valence-electron chi connectivity index (χ3n) is 15.4. The van der Waals surface area contributed by atoms with Gasteiger partial charge >= 0.3 is 11.9 Å². The van der Waals surface area contributed by atoms with Gasteiger partial charge in [0.1, 0.15) is 18.0 Å². The van der Waals surface area contributed by atoms with E-state index in [4.69, 9.17) is 18.9 Å². The summed E-state index contributed by atoms with van der Waals surface area (Å²) in [5.74, 6) is -1.45. The molecule has 344 valence electrons. The molecule has 10 nitrogen and oxygen atoms in total. The molecule has 4 aliphatic carbocycles. The number of benzene rings is 6. The van der Waals surface area contributed by atoms with Crippen molar-refractivity contribution in [3.05, 3.63) is 154 Å². The van der Waals surface area contributed by atoms with Crippen LogP contribution in [-0.4, -0.2) is 65.4 Å². The quantitative estimate of drug-likeness (QED) is 0.103. The minimum atomic E-state index is -0.825. The molecule has 0 bridgehead atoms. The van der Waals surface area contributed by atoms with Crippen molar-refractivity contribution in [1.29, 1.82) is 0 Å². The van der Waals surface area contributed by atoms with Crippen LogP contribution < -0.4 is 9.47 Å². The maximum Gasteiger partial charge on any atom is 0.310 e. The monoisotopic (exact) mass is 900 g/mol. The van der Waals surface area contributed by atoms with Crippen LogP contribution in [0.15, 0.2) is 115 Å². The van der Waals surface area contributed by atoms with Gasteiger partial charge < -0.3 is 39.4 Å². The molecule has 0 heterocycles. The first-order valence-electron chi connectivity index (χ1n) is 23.4. The minimum absolute atomic E-state index is 0.0165. The highest BCUT2D eigenvalue weighted by Crippen LogP contribution is 2.67. The van der Waals surface area contributed by atoms with Crippen LogP contribution in [0.4, 0.5) is 0 Å². The molecule has 7 unspecified atom stereocenters. The van der Waals surface area contributed by atoms with Gasteiger partial charge in [0.2, 0.25) is 0 Å². The molecule has 6 aromatic rings. The van der Waals surface area contributed by atoms with Gasteiger partial charge in [-0.2, -0.15) is 0 Å². The molecule has 1 fully saturated rings. The summed E-state index contributed by atoms with van der Waals surface area (Å²) < 4.78 is 24.6. The highest BCUT2D eigenvalue weighted by molar-refractivity contribution is 5.98. The normalized spacial score (nSPS) is 24.0. The van der Waals surface area contributed by atoms with Gasteiger partial charge in [0.25, 0.3) is 0 Å². The largest absolute Gasteiger partial charge is 0.508 e. The number of aliphatic hydroxyl groups excluding tert-OH is 1. The fourth-order valence-electron chi connectivity index (χ4n) is 12.8. The third kappa shape index (κ3) is 7.84. The fraction of sp³-hybridized carbons (Fsp3) is 0.333. The number of hydrogen-bond acceptors (Lipinski definition) is 10. The number of phenolic OH excluding ortho intramolecular Hbond substituents is 3. The number of aliphatic hydroxyl groups is 1. The van der Waals surface area contributed by atoms with E-state index >= 15 is 0 Å². The van der Waals surface area contributed by atoms with E-state index < -0.39 is 41.4 Å². The smallest absolute Gasteiger partial charge is 0.310 e. The maximum atomic E-state index is 14.5. The van der Waals surface area contributed by atoms with Gasteiger partial charge in [-0.3, -0.25) is 9.59 Å². The van der Waals surface area contributed by atoms with Crippen molar-refractivity contribution in [1.82, 2.24) is 0 Å². The van der Waals surface area contributed by atoms with Crippen LogP contribution in [0.1, 0.15) is 83.4 Å². The molecule has 0 spiro atoms. The number of carbonyl (C=O) groups excluding carboxylic acids is 2. The molecule has 0 aromatic heterocycles. The number of aryl methyl sites for hydroxylation is 2. The van der Waals surface area contributed by atoms with E-state index in [0.717, 1.165) is 67.3 Å². The van der Waals surface area contributed by atoms with E-state index in [-0.39, 0.29) is 48.5 Å². The van der Waals surface area contributed by atoms with Crippen LogP contribution in [-0.2, 0) is 44.7 Å². The lowest BCUT2D eigenvalue weighted by Gasteiger charge is -2.61. The summed E-state index contributed by atoms with van der Waals surface area (Å²) in [6, 6.07) is 34.8. The molecule has 0 saturated heterocycles. The molecular weight excluding hydrogens is 845 g/mol. The molecule has 0 amide bonds. The Kier molecular flexibility index (Phi) is 11.7. The van der Waals surface area contributed by atoms with E-state index in [1.54, 1.807) is 24.3 Å². The molecule has 10 rings (SSSR count). The molecule has 1 saturated carbocycles. The molecule has 0 radical (unpaired) electrons. The number of esters is 2. The highest BCUT2D eigenvalue weighted by Gasteiger charge is 2.62. The van der Waals surface area contributed by atoms with E-state index in [2.05, 4.69) is 24.3 Å². The van der Waals surface area contributed by atoms with E-state index in [0.29, 0.717) is 43.6 Å². The number of allylic oxidation sites excluding steroid dienone is 1. The summed E-state index contributed by atoms with van der Waals surface area (Å²) in [7, 11) is 3.05. The number of carbonyl (C=O) groups is 2. The van der Waals surface area contributed by atoms with Gasteiger partial charge in [-0.05, 0) is 154 Å². The van der Waals surface area contributed by atoms with Crippen molar-refractivity contribution in [2.75, 3.05) is 20.8 Å². The molecule has 0 aliphatic heterocycles. The van der Waals surface area contributed by atoms with Crippen molar-refractivity contribution >= 4 is 28.8 Å². The molecular formula is C57H56O10. The Morgan fingerprint density at radius 3 is 2.25 bits per heavy atom. The van der Waals surface area contributed by atoms with Crippen LogP contribution in [0.3, 0.4) is 0 Å². The number of rotatable bonds is 9. The average Bonchev–Trinajstić information content (AvgIpc) is 3.32. The fourth-order valence-corrected chi connectivity index (χ4v) is 12.8. The SMILES string of the molecule is COc1cc2c(cc1O)C(CO)C1(C3=Cc4ccccc4CC3)C(C2)C(OC(C)=O)CC(OC(=O)Cc2ccc3cc(O)cc(-c4ccccc4)c3c2)CC2c3cc(OC)c(O)cc3CCC21. The molecule has 4 aliphatic rings. The van der Waals surface area contributed by atoms with Crippen LogP contribution in [0.25, 0.3) is 28.0 Å². The summed E-state index contributed by atoms with van der Waals surface area (Å²) in [5.41, 5.74) is 8.89. The summed E-state index contributed by atoms with van der Waals surface area (Å²) in [6.45, 7) is 1.17. The van der Waals surface area contributed by atoms with Crippen LogP contribution in [0.5, 0.6) is 28.7 Å². The summed E-state index contributed by atoms with van der Waals surface area (Å²) in [4.78, 5) is 27.9. The predicted octanol–water partition coefficient (Wildman–Crippen LogP) is 10.1. The number of ether oxygens (including phenoxy) is 4. The summed E-state index contributed by atoms with van der Waals surface area (Å²) in [5, 5.41) is 46.9. The second kappa shape index (κ2) is 17.8. The number of fused-ring (bicyclic) bond motifs is 8. The summed E-state index contributed by atoms with van der Waals surface area (Å²) in [6.07, 6.45) is 4.63. The van der Waals surface area contributed by atoms with Crippen molar-refractivity contribution in [3.8, 4) is 39.9 Å². The van der Waals surface area contributed by atoms with E-state index in [1.807, 2.05) is 66.7 Å². The van der Waals surface area contributed by atoms with Gasteiger partial charge in [-0.15, -0.1) is 0 Å². The lowest BCUT2D eigenvalue weighted by Crippen LogP contribution is -2.58. The number of methoxy groups -OCH3 is 2. The number of phenols is 3. The van der Waals surface area contributed by atoms with E-state index in [9.17, 15) is 30.0 Å². The zero-order valence-electron chi connectivity index (χ0n) is 38.0. The van der Waals surface area contributed by atoms with E-state index in [1.165, 1.54) is 26.7 Å². The van der Waals surface area contributed by atoms with Gasteiger partial charge in [-0.1, -0.05) is 78.4 Å².